The van der Waals surface area contributed by atoms with Gasteiger partial charge in [0.1, 0.15) is 11.8 Å². The minimum absolute atomic E-state index is 0.205. The van der Waals surface area contributed by atoms with E-state index in [9.17, 15) is 9.90 Å². The van der Waals surface area contributed by atoms with Crippen molar-refractivity contribution in [2.45, 2.75) is 50.9 Å². The molecule has 5 nitrogen and oxygen atoms in total. The number of nitrogens with zero attached hydrogens (tertiary/aromatic N) is 1. The van der Waals surface area contributed by atoms with Crippen LogP contribution in [0.3, 0.4) is 0 Å². The highest BCUT2D eigenvalue weighted by Crippen LogP contribution is 2.20. The van der Waals surface area contributed by atoms with Crippen LogP contribution in [0.4, 0.5) is 0 Å². The number of nitriles is 1. The van der Waals surface area contributed by atoms with E-state index >= 15 is 0 Å². The number of ether oxygens (including phenoxy) is 1. The number of nitrogens with one attached hydrogen (secondary N) is 1. The van der Waals surface area contributed by atoms with Gasteiger partial charge in [-0.3, -0.25) is 4.79 Å². The summed E-state index contributed by atoms with van der Waals surface area (Å²) in [6, 6.07) is 8.63. The lowest BCUT2D eigenvalue weighted by Gasteiger charge is -2.29. The van der Waals surface area contributed by atoms with Crippen molar-refractivity contribution < 1.29 is 14.6 Å². The Hall–Kier alpha value is -2.06. The molecule has 1 unspecified atom stereocenters. The highest BCUT2D eigenvalue weighted by molar-refractivity contribution is 5.81. The van der Waals surface area contributed by atoms with Crippen LogP contribution in [0.15, 0.2) is 24.3 Å². The molecule has 1 amide bonds. The SMILES string of the molecule is CC(Oc1ccccc1C#N)C(=O)N[C@@H]1CCCC[C@H]1O. The van der Waals surface area contributed by atoms with Gasteiger partial charge in [0.2, 0.25) is 0 Å². The van der Waals surface area contributed by atoms with Crippen LogP contribution < -0.4 is 10.1 Å². The van der Waals surface area contributed by atoms with E-state index in [-0.39, 0.29) is 11.9 Å². The van der Waals surface area contributed by atoms with Crippen molar-refractivity contribution in [3.05, 3.63) is 29.8 Å². The number of para-hydroxylation sites is 1. The van der Waals surface area contributed by atoms with Crippen molar-refractivity contribution in [1.82, 2.24) is 5.32 Å². The molecule has 0 heterocycles. The molecule has 1 saturated carbocycles. The lowest BCUT2D eigenvalue weighted by molar-refractivity contribution is -0.129. The maximum Gasteiger partial charge on any atom is 0.261 e. The van der Waals surface area contributed by atoms with Crippen molar-refractivity contribution in [3.63, 3.8) is 0 Å². The molecule has 112 valence electrons. The molecule has 0 bridgehead atoms. The van der Waals surface area contributed by atoms with Gasteiger partial charge in [0.15, 0.2) is 6.10 Å². The first-order valence-electron chi connectivity index (χ1n) is 7.26. The molecule has 0 radical (unpaired) electrons. The largest absolute Gasteiger partial charge is 0.480 e. The predicted octanol–water partition coefficient (Wildman–Crippen LogP) is 1.75. The molecule has 1 fully saturated rings. The van der Waals surface area contributed by atoms with E-state index in [4.69, 9.17) is 10.00 Å². The third-order valence-corrected chi connectivity index (χ3v) is 3.74. The normalized spacial score (nSPS) is 22.9. The molecule has 1 aromatic rings. The molecule has 0 spiro atoms. The van der Waals surface area contributed by atoms with Gasteiger partial charge < -0.3 is 15.2 Å². The number of aliphatic hydroxyl groups is 1. The van der Waals surface area contributed by atoms with Crippen LogP contribution in [0.2, 0.25) is 0 Å². The molecular weight excluding hydrogens is 268 g/mol. The van der Waals surface area contributed by atoms with E-state index in [0.717, 1.165) is 25.7 Å². The van der Waals surface area contributed by atoms with Gasteiger partial charge in [-0.15, -0.1) is 0 Å². The predicted molar refractivity (Wildman–Crippen MR) is 77.7 cm³/mol. The topological polar surface area (TPSA) is 82.3 Å². The van der Waals surface area contributed by atoms with Crippen molar-refractivity contribution in [1.29, 1.82) is 5.26 Å². The first kappa shape index (κ1) is 15.3. The summed E-state index contributed by atoms with van der Waals surface area (Å²) >= 11 is 0. The molecular formula is C16H20N2O3. The highest BCUT2D eigenvalue weighted by Gasteiger charge is 2.27. The van der Waals surface area contributed by atoms with E-state index in [0.29, 0.717) is 11.3 Å². The summed E-state index contributed by atoms with van der Waals surface area (Å²) in [5, 5.41) is 21.7. The van der Waals surface area contributed by atoms with Gasteiger partial charge in [-0.05, 0) is 31.9 Å². The Kier molecular flexibility index (Phi) is 5.18. The van der Waals surface area contributed by atoms with Gasteiger partial charge in [-0.25, -0.2) is 0 Å². The molecule has 0 saturated heterocycles. The van der Waals surface area contributed by atoms with Gasteiger partial charge >= 0.3 is 0 Å². The van der Waals surface area contributed by atoms with Crippen LogP contribution in [0.1, 0.15) is 38.2 Å². The summed E-state index contributed by atoms with van der Waals surface area (Å²) in [5.74, 6) is 0.125. The Morgan fingerprint density at radius 3 is 2.86 bits per heavy atom. The minimum atomic E-state index is -0.714. The number of hydrogen-bond donors (Lipinski definition) is 2. The standard InChI is InChI=1S/C16H20N2O3/c1-11(21-15-9-5-2-6-12(15)10-17)16(20)18-13-7-3-4-8-14(13)19/h2,5-6,9,11,13-14,19H,3-4,7-8H2,1H3,(H,18,20)/t11?,13-,14-/m1/s1. The van der Waals surface area contributed by atoms with Crippen molar-refractivity contribution in [2.24, 2.45) is 0 Å². The number of carbonyl (C=O) groups excluding carboxylic acids is 1. The van der Waals surface area contributed by atoms with Crippen LogP contribution >= 0.6 is 0 Å². The number of benzene rings is 1. The van der Waals surface area contributed by atoms with E-state index in [1.165, 1.54) is 0 Å². The Morgan fingerprint density at radius 1 is 1.43 bits per heavy atom. The van der Waals surface area contributed by atoms with Gasteiger partial charge in [-0.2, -0.15) is 5.26 Å². The van der Waals surface area contributed by atoms with Crippen molar-refractivity contribution in [3.8, 4) is 11.8 Å². The maximum absolute atomic E-state index is 12.1. The Labute approximate surface area is 124 Å². The summed E-state index contributed by atoms with van der Waals surface area (Å²) in [6.07, 6.45) is 2.31. The Balaban J connectivity index is 1.95. The summed E-state index contributed by atoms with van der Waals surface area (Å²) in [5.41, 5.74) is 0.398. The van der Waals surface area contributed by atoms with Crippen molar-refractivity contribution in [2.75, 3.05) is 0 Å². The average molecular weight is 288 g/mol. The highest BCUT2D eigenvalue weighted by atomic mass is 16.5. The molecule has 1 aliphatic carbocycles. The molecule has 3 atom stereocenters. The average Bonchev–Trinajstić information content (AvgIpc) is 2.50. The second-order valence-corrected chi connectivity index (χ2v) is 5.33. The van der Waals surface area contributed by atoms with Gasteiger partial charge in [0.25, 0.3) is 5.91 Å². The third kappa shape index (κ3) is 3.96. The fourth-order valence-electron chi connectivity index (χ4n) is 2.49. The van der Waals surface area contributed by atoms with E-state index in [1.54, 1.807) is 31.2 Å². The molecule has 21 heavy (non-hydrogen) atoms. The molecule has 1 aromatic carbocycles. The first-order chi connectivity index (χ1) is 10.1. The zero-order valence-corrected chi connectivity index (χ0v) is 12.1. The molecule has 0 aromatic heterocycles. The number of hydrogen-bond acceptors (Lipinski definition) is 4. The molecule has 0 aliphatic heterocycles. The second-order valence-electron chi connectivity index (χ2n) is 5.33. The zero-order chi connectivity index (χ0) is 15.2. The zero-order valence-electron chi connectivity index (χ0n) is 12.1. The monoisotopic (exact) mass is 288 g/mol. The quantitative estimate of drug-likeness (QED) is 0.884. The lowest BCUT2D eigenvalue weighted by atomic mass is 9.92. The van der Waals surface area contributed by atoms with Crippen LogP contribution in [0, 0.1) is 11.3 Å². The van der Waals surface area contributed by atoms with Crippen LogP contribution in [0.5, 0.6) is 5.75 Å². The van der Waals surface area contributed by atoms with Crippen LogP contribution in [-0.2, 0) is 4.79 Å². The van der Waals surface area contributed by atoms with Crippen molar-refractivity contribution >= 4 is 5.91 Å². The van der Waals surface area contributed by atoms with Gasteiger partial charge in [0.05, 0.1) is 17.7 Å². The molecule has 2 rings (SSSR count). The Bertz CT molecular complexity index is 539. The second kappa shape index (κ2) is 7.09. The molecule has 5 heteroatoms. The molecule has 2 N–H and O–H groups in total. The fourth-order valence-corrected chi connectivity index (χ4v) is 2.49. The van der Waals surface area contributed by atoms with Crippen LogP contribution in [-0.4, -0.2) is 29.3 Å². The van der Waals surface area contributed by atoms with E-state index in [1.807, 2.05) is 6.07 Å². The Morgan fingerprint density at radius 2 is 2.14 bits per heavy atom. The lowest BCUT2D eigenvalue weighted by Crippen LogP contribution is -2.49. The summed E-state index contributed by atoms with van der Waals surface area (Å²) in [4.78, 5) is 12.1. The fraction of sp³-hybridized carbons (Fsp3) is 0.500. The van der Waals surface area contributed by atoms with Crippen LogP contribution in [0.25, 0.3) is 0 Å². The number of carbonyl (C=O) groups is 1. The minimum Gasteiger partial charge on any atom is -0.480 e. The van der Waals surface area contributed by atoms with E-state index in [2.05, 4.69) is 5.32 Å². The summed E-state index contributed by atoms with van der Waals surface area (Å²) in [7, 11) is 0. The molecule has 1 aliphatic rings. The number of rotatable bonds is 4. The van der Waals surface area contributed by atoms with E-state index < -0.39 is 12.2 Å². The number of amides is 1. The maximum atomic E-state index is 12.1. The van der Waals surface area contributed by atoms with Gasteiger partial charge in [0, 0.05) is 0 Å². The van der Waals surface area contributed by atoms with Gasteiger partial charge in [-0.1, -0.05) is 25.0 Å². The summed E-state index contributed by atoms with van der Waals surface area (Å²) in [6.45, 7) is 1.64. The summed E-state index contributed by atoms with van der Waals surface area (Å²) < 4.78 is 5.56. The number of aliphatic hydroxyl groups excluding tert-OH is 1. The first-order valence-corrected chi connectivity index (χ1v) is 7.26. The third-order valence-electron chi connectivity index (χ3n) is 3.74. The smallest absolute Gasteiger partial charge is 0.261 e.